The minimum absolute atomic E-state index is 0.183. The molecule has 0 aromatic carbocycles. The molecule has 2 rings (SSSR count). The molecule has 0 fully saturated rings. The van der Waals surface area contributed by atoms with E-state index in [1.165, 1.54) is 22.2 Å². The Labute approximate surface area is 91.7 Å². The first-order valence-corrected chi connectivity index (χ1v) is 4.59. The van der Waals surface area contributed by atoms with Crippen LogP contribution in [0.3, 0.4) is 0 Å². The van der Waals surface area contributed by atoms with Crippen LogP contribution >= 0.6 is 0 Å². The van der Waals surface area contributed by atoms with Crippen LogP contribution in [0.1, 0.15) is 10.5 Å². The third-order valence-electron chi connectivity index (χ3n) is 1.93. The highest BCUT2D eigenvalue weighted by atomic mass is 16.2. The van der Waals surface area contributed by atoms with E-state index in [0.29, 0.717) is 11.5 Å². The second kappa shape index (κ2) is 4.05. The van der Waals surface area contributed by atoms with Gasteiger partial charge in [-0.2, -0.15) is 5.10 Å². The molecule has 7 nitrogen and oxygen atoms in total. The Hall–Kier alpha value is -2.31. The molecule has 1 amide bonds. The molecule has 0 saturated carbocycles. The average Bonchev–Trinajstić information content (AvgIpc) is 2.81. The number of hydrogen-bond donors (Lipinski definition) is 0. The highest BCUT2D eigenvalue weighted by Gasteiger charge is 2.10. The summed E-state index contributed by atoms with van der Waals surface area (Å²) in [6.07, 6.45) is 2.91. The summed E-state index contributed by atoms with van der Waals surface area (Å²) in [6, 6.07) is 3.27. The maximum absolute atomic E-state index is 11.5. The lowest BCUT2D eigenvalue weighted by Gasteiger charge is -2.08. The summed E-state index contributed by atoms with van der Waals surface area (Å²) < 4.78 is 1.47. The van der Waals surface area contributed by atoms with Crippen molar-refractivity contribution in [1.82, 2.24) is 29.9 Å². The van der Waals surface area contributed by atoms with Gasteiger partial charge in [0.1, 0.15) is 12.7 Å². The van der Waals surface area contributed by atoms with Crippen LogP contribution in [0.2, 0.25) is 0 Å². The van der Waals surface area contributed by atoms with E-state index in [4.69, 9.17) is 0 Å². The van der Waals surface area contributed by atoms with Crippen LogP contribution < -0.4 is 0 Å². The third-order valence-corrected chi connectivity index (χ3v) is 1.93. The van der Waals surface area contributed by atoms with Crippen LogP contribution in [0.4, 0.5) is 0 Å². The summed E-state index contributed by atoms with van der Waals surface area (Å²) in [4.78, 5) is 16.8. The molecule has 0 bridgehead atoms. The Morgan fingerprint density at radius 3 is 2.62 bits per heavy atom. The molecule has 7 heteroatoms. The first-order chi connectivity index (χ1) is 7.68. The van der Waals surface area contributed by atoms with Crippen molar-refractivity contribution >= 4 is 5.91 Å². The number of amides is 1. The predicted octanol–water partition coefficient (Wildman–Crippen LogP) is -0.241. The summed E-state index contributed by atoms with van der Waals surface area (Å²) in [6.45, 7) is 0. The number of rotatable bonds is 2. The van der Waals surface area contributed by atoms with Gasteiger partial charge >= 0.3 is 0 Å². The molecule has 0 aliphatic carbocycles. The van der Waals surface area contributed by atoms with E-state index < -0.39 is 0 Å². The Kier molecular flexibility index (Phi) is 2.59. The van der Waals surface area contributed by atoms with E-state index in [2.05, 4.69) is 20.3 Å². The lowest BCUT2D eigenvalue weighted by atomic mass is 10.3. The van der Waals surface area contributed by atoms with Crippen LogP contribution in [0.5, 0.6) is 0 Å². The second-order valence-electron chi connectivity index (χ2n) is 3.32. The van der Waals surface area contributed by atoms with E-state index in [9.17, 15) is 4.79 Å². The van der Waals surface area contributed by atoms with Crippen LogP contribution in [-0.4, -0.2) is 49.9 Å². The van der Waals surface area contributed by atoms with Crippen molar-refractivity contribution in [2.24, 2.45) is 0 Å². The van der Waals surface area contributed by atoms with Gasteiger partial charge in [-0.15, -0.1) is 10.2 Å². The zero-order valence-electron chi connectivity index (χ0n) is 8.90. The average molecular weight is 218 g/mol. The zero-order chi connectivity index (χ0) is 11.5. The van der Waals surface area contributed by atoms with E-state index in [-0.39, 0.29) is 5.91 Å². The fourth-order valence-corrected chi connectivity index (χ4v) is 1.12. The van der Waals surface area contributed by atoms with E-state index >= 15 is 0 Å². The molecule has 0 radical (unpaired) electrons. The van der Waals surface area contributed by atoms with Crippen molar-refractivity contribution in [3.05, 3.63) is 30.5 Å². The van der Waals surface area contributed by atoms with Crippen LogP contribution in [-0.2, 0) is 0 Å². The van der Waals surface area contributed by atoms with Crippen molar-refractivity contribution < 1.29 is 4.79 Å². The predicted molar refractivity (Wildman–Crippen MR) is 55.0 cm³/mol. The number of aromatic nitrogens is 5. The smallest absolute Gasteiger partial charge is 0.273 e. The standard InChI is InChI=1S/C9H10N6O/c1-14(2)9(16)7-3-4-8(13-12-7)15-6-10-5-11-15/h3-6H,1-2H3. The van der Waals surface area contributed by atoms with Crippen molar-refractivity contribution in [3.8, 4) is 5.82 Å². The van der Waals surface area contributed by atoms with Gasteiger partial charge in [0.25, 0.3) is 5.91 Å². The molecule has 2 aromatic rings. The van der Waals surface area contributed by atoms with Gasteiger partial charge in [0.15, 0.2) is 11.5 Å². The Morgan fingerprint density at radius 2 is 2.12 bits per heavy atom. The normalized spacial score (nSPS) is 10.1. The van der Waals surface area contributed by atoms with Crippen LogP contribution in [0.25, 0.3) is 5.82 Å². The van der Waals surface area contributed by atoms with Crippen molar-refractivity contribution in [1.29, 1.82) is 0 Å². The Bertz CT molecular complexity index is 475. The molecule has 0 aliphatic rings. The topological polar surface area (TPSA) is 76.8 Å². The van der Waals surface area contributed by atoms with Crippen LogP contribution in [0, 0.1) is 0 Å². The quantitative estimate of drug-likeness (QED) is 0.695. The molecular weight excluding hydrogens is 208 g/mol. The second-order valence-corrected chi connectivity index (χ2v) is 3.32. The molecule has 0 aliphatic heterocycles. The van der Waals surface area contributed by atoms with Crippen molar-refractivity contribution in [2.45, 2.75) is 0 Å². The molecule has 0 saturated heterocycles. The van der Waals surface area contributed by atoms with E-state index in [1.54, 1.807) is 26.2 Å². The first-order valence-electron chi connectivity index (χ1n) is 4.59. The maximum atomic E-state index is 11.5. The molecule has 82 valence electrons. The van der Waals surface area contributed by atoms with Crippen molar-refractivity contribution in [2.75, 3.05) is 14.1 Å². The highest BCUT2D eigenvalue weighted by Crippen LogP contribution is 2.02. The summed E-state index contributed by atoms with van der Waals surface area (Å²) in [7, 11) is 3.32. The van der Waals surface area contributed by atoms with Gasteiger partial charge in [0, 0.05) is 14.1 Å². The summed E-state index contributed by atoms with van der Waals surface area (Å²) in [5.74, 6) is 0.338. The molecule has 2 aromatic heterocycles. The Balaban J connectivity index is 2.27. The molecule has 2 heterocycles. The summed E-state index contributed by atoms with van der Waals surface area (Å²) in [5.41, 5.74) is 0.300. The molecular formula is C9H10N6O. The SMILES string of the molecule is CN(C)C(=O)c1ccc(-n2cncn2)nn1. The van der Waals surface area contributed by atoms with Crippen molar-refractivity contribution in [3.63, 3.8) is 0 Å². The zero-order valence-corrected chi connectivity index (χ0v) is 8.90. The molecule has 0 N–H and O–H groups in total. The van der Waals surface area contributed by atoms with E-state index in [0.717, 1.165) is 0 Å². The van der Waals surface area contributed by atoms with Crippen LogP contribution in [0.15, 0.2) is 24.8 Å². The maximum Gasteiger partial charge on any atom is 0.273 e. The first kappa shape index (κ1) is 10.2. The van der Waals surface area contributed by atoms with Gasteiger partial charge in [-0.25, -0.2) is 9.67 Å². The van der Waals surface area contributed by atoms with Gasteiger partial charge in [-0.05, 0) is 12.1 Å². The van der Waals surface area contributed by atoms with Gasteiger partial charge in [-0.1, -0.05) is 0 Å². The minimum Gasteiger partial charge on any atom is -0.343 e. The highest BCUT2D eigenvalue weighted by molar-refractivity contribution is 5.91. The van der Waals surface area contributed by atoms with E-state index in [1.807, 2.05) is 0 Å². The molecule has 16 heavy (non-hydrogen) atoms. The number of nitrogens with zero attached hydrogens (tertiary/aromatic N) is 6. The van der Waals surface area contributed by atoms with Gasteiger partial charge in [-0.3, -0.25) is 4.79 Å². The summed E-state index contributed by atoms with van der Waals surface area (Å²) in [5, 5.41) is 11.6. The number of hydrogen-bond acceptors (Lipinski definition) is 5. The van der Waals surface area contributed by atoms with Gasteiger partial charge in [0.2, 0.25) is 0 Å². The third kappa shape index (κ3) is 1.88. The lowest BCUT2D eigenvalue weighted by molar-refractivity contribution is 0.0821. The number of carbonyl (C=O) groups excluding carboxylic acids is 1. The minimum atomic E-state index is -0.183. The monoisotopic (exact) mass is 218 g/mol. The van der Waals surface area contributed by atoms with Gasteiger partial charge in [0.05, 0.1) is 0 Å². The fourth-order valence-electron chi connectivity index (χ4n) is 1.12. The molecule has 0 spiro atoms. The summed E-state index contributed by atoms with van der Waals surface area (Å²) >= 11 is 0. The number of carbonyl (C=O) groups is 1. The largest absolute Gasteiger partial charge is 0.343 e. The Morgan fingerprint density at radius 1 is 1.31 bits per heavy atom. The van der Waals surface area contributed by atoms with Gasteiger partial charge < -0.3 is 4.90 Å². The molecule has 0 atom stereocenters. The fraction of sp³-hybridized carbons (Fsp3) is 0.222. The molecule has 0 unspecified atom stereocenters. The lowest BCUT2D eigenvalue weighted by Crippen LogP contribution is -2.23.